The summed E-state index contributed by atoms with van der Waals surface area (Å²) in [7, 11) is 3.83. The second-order valence-electron chi connectivity index (χ2n) is 8.62. The summed E-state index contributed by atoms with van der Waals surface area (Å²) in [4.78, 5) is 33.8. The van der Waals surface area contributed by atoms with Crippen LogP contribution >= 0.6 is 0 Å². The van der Waals surface area contributed by atoms with E-state index in [-0.39, 0.29) is 17.2 Å². The average Bonchev–Trinajstić information content (AvgIpc) is 2.68. The van der Waals surface area contributed by atoms with Crippen LogP contribution in [0.3, 0.4) is 0 Å². The number of piperidine rings is 2. The molecule has 27 heavy (non-hydrogen) atoms. The van der Waals surface area contributed by atoms with Crippen LogP contribution < -0.4 is 0 Å². The van der Waals surface area contributed by atoms with E-state index < -0.39 is 0 Å². The van der Waals surface area contributed by atoms with Crippen LogP contribution in [-0.4, -0.2) is 111 Å². The molecule has 1 spiro atoms. The Kier molecular flexibility index (Phi) is 7.11. The van der Waals surface area contributed by atoms with Crippen molar-refractivity contribution in [2.45, 2.75) is 32.1 Å². The fourth-order valence-corrected chi connectivity index (χ4v) is 4.74. The van der Waals surface area contributed by atoms with Gasteiger partial charge in [-0.3, -0.25) is 9.59 Å². The Labute approximate surface area is 163 Å². The first-order valence-electron chi connectivity index (χ1n) is 10.5. The first kappa shape index (κ1) is 20.6. The van der Waals surface area contributed by atoms with Crippen molar-refractivity contribution >= 4 is 11.8 Å². The second kappa shape index (κ2) is 9.34. The number of carbonyl (C=O) groups is 2. The molecule has 0 bridgehead atoms. The molecule has 0 saturated carbocycles. The lowest BCUT2D eigenvalue weighted by atomic mass is 9.73. The van der Waals surface area contributed by atoms with Crippen LogP contribution in [0, 0.1) is 5.41 Å². The van der Waals surface area contributed by atoms with Crippen molar-refractivity contribution in [3.8, 4) is 0 Å². The largest absolute Gasteiger partial charge is 0.383 e. The quantitative estimate of drug-likeness (QED) is 0.672. The van der Waals surface area contributed by atoms with Gasteiger partial charge in [0.15, 0.2) is 0 Å². The van der Waals surface area contributed by atoms with Gasteiger partial charge in [-0.25, -0.2) is 0 Å². The highest BCUT2D eigenvalue weighted by molar-refractivity contribution is 5.78. The van der Waals surface area contributed by atoms with E-state index in [1.165, 1.54) is 0 Å². The Morgan fingerprint density at radius 1 is 1.07 bits per heavy atom. The van der Waals surface area contributed by atoms with Crippen molar-refractivity contribution in [3.05, 3.63) is 0 Å². The summed E-state index contributed by atoms with van der Waals surface area (Å²) < 4.78 is 5.16. The van der Waals surface area contributed by atoms with Crippen molar-refractivity contribution < 1.29 is 14.3 Å². The summed E-state index contributed by atoms with van der Waals surface area (Å²) >= 11 is 0. The van der Waals surface area contributed by atoms with E-state index in [0.29, 0.717) is 26.0 Å². The summed E-state index contributed by atoms with van der Waals surface area (Å²) in [5.74, 6) is 0.518. The molecule has 0 aromatic heterocycles. The van der Waals surface area contributed by atoms with E-state index in [9.17, 15) is 9.59 Å². The molecule has 3 rings (SSSR count). The Morgan fingerprint density at radius 3 is 2.59 bits per heavy atom. The van der Waals surface area contributed by atoms with E-state index in [2.05, 4.69) is 21.7 Å². The SMILES string of the molecule is COCCN1C[C@]2(CCCN(C(=O)CCN3CCN(C)CC3)C2)CCC1=O. The molecule has 1 atom stereocenters. The van der Waals surface area contributed by atoms with Gasteiger partial charge in [-0.05, 0) is 26.3 Å². The number of ether oxygens (including phenoxy) is 1. The molecule has 7 nitrogen and oxygen atoms in total. The minimum atomic E-state index is 0.0867. The Morgan fingerprint density at radius 2 is 1.85 bits per heavy atom. The molecule has 0 unspecified atom stereocenters. The van der Waals surface area contributed by atoms with Gasteiger partial charge in [0.25, 0.3) is 0 Å². The molecule has 3 aliphatic rings. The summed E-state index contributed by atoms with van der Waals surface area (Å²) in [6.07, 6.45) is 4.30. The van der Waals surface area contributed by atoms with Gasteiger partial charge in [0.1, 0.15) is 0 Å². The molecule has 0 radical (unpaired) electrons. The van der Waals surface area contributed by atoms with Crippen molar-refractivity contribution in [1.29, 1.82) is 0 Å². The third kappa shape index (κ3) is 5.42. The molecule has 0 aliphatic carbocycles. The minimum absolute atomic E-state index is 0.0867. The molecule has 3 heterocycles. The molecule has 2 amide bonds. The minimum Gasteiger partial charge on any atom is -0.383 e. The summed E-state index contributed by atoms with van der Waals surface area (Å²) in [5, 5.41) is 0. The van der Waals surface area contributed by atoms with E-state index in [0.717, 1.165) is 71.6 Å². The molecule has 3 fully saturated rings. The predicted octanol–water partition coefficient (Wildman–Crippen LogP) is 0.502. The van der Waals surface area contributed by atoms with E-state index in [1.54, 1.807) is 7.11 Å². The average molecular weight is 381 g/mol. The van der Waals surface area contributed by atoms with Crippen LogP contribution in [0.2, 0.25) is 0 Å². The van der Waals surface area contributed by atoms with Crippen LogP contribution in [0.4, 0.5) is 0 Å². The molecule has 3 aliphatic heterocycles. The zero-order valence-electron chi connectivity index (χ0n) is 17.1. The van der Waals surface area contributed by atoms with Crippen LogP contribution in [0.5, 0.6) is 0 Å². The number of hydrogen-bond acceptors (Lipinski definition) is 5. The predicted molar refractivity (Wildman–Crippen MR) is 104 cm³/mol. The van der Waals surface area contributed by atoms with Crippen LogP contribution in [-0.2, 0) is 14.3 Å². The van der Waals surface area contributed by atoms with Gasteiger partial charge in [-0.15, -0.1) is 0 Å². The number of likely N-dealkylation sites (N-methyl/N-ethyl adjacent to an activating group) is 1. The molecular formula is C20H36N4O3. The highest BCUT2D eigenvalue weighted by Gasteiger charge is 2.42. The molecule has 0 N–H and O–H groups in total. The van der Waals surface area contributed by atoms with Crippen LogP contribution in [0.1, 0.15) is 32.1 Å². The molecular weight excluding hydrogens is 344 g/mol. The highest BCUT2D eigenvalue weighted by Crippen LogP contribution is 2.39. The zero-order valence-corrected chi connectivity index (χ0v) is 17.1. The number of amides is 2. The van der Waals surface area contributed by atoms with Crippen molar-refractivity contribution in [3.63, 3.8) is 0 Å². The highest BCUT2D eigenvalue weighted by atomic mass is 16.5. The Bertz CT molecular complexity index is 521. The number of piperazine rings is 1. The number of likely N-dealkylation sites (tertiary alicyclic amines) is 2. The van der Waals surface area contributed by atoms with Gasteiger partial charge in [0.05, 0.1) is 6.61 Å². The standard InChI is InChI=1S/C20H36N4O3/c1-21-10-12-22(13-11-21)9-5-19(26)23-8-3-6-20(16-23)7-4-18(25)24(17-20)14-15-27-2/h3-17H2,1-2H3/t20-/m1/s1. The fourth-order valence-electron chi connectivity index (χ4n) is 4.74. The maximum atomic E-state index is 12.8. The number of nitrogens with zero attached hydrogens (tertiary/aromatic N) is 4. The molecule has 154 valence electrons. The maximum absolute atomic E-state index is 12.8. The summed E-state index contributed by atoms with van der Waals surface area (Å²) in [5.41, 5.74) is 0.0867. The third-order valence-corrected chi connectivity index (χ3v) is 6.57. The van der Waals surface area contributed by atoms with E-state index in [1.807, 2.05) is 4.90 Å². The van der Waals surface area contributed by atoms with Crippen molar-refractivity contribution in [1.82, 2.24) is 19.6 Å². The topological polar surface area (TPSA) is 56.3 Å². The smallest absolute Gasteiger partial charge is 0.223 e. The number of rotatable bonds is 6. The van der Waals surface area contributed by atoms with E-state index >= 15 is 0 Å². The normalized spacial score (nSPS) is 28.1. The third-order valence-electron chi connectivity index (χ3n) is 6.57. The van der Waals surface area contributed by atoms with Crippen LogP contribution in [0.15, 0.2) is 0 Å². The van der Waals surface area contributed by atoms with Gasteiger partial charge < -0.3 is 24.3 Å². The molecule has 0 aromatic carbocycles. The number of methoxy groups -OCH3 is 1. The van der Waals surface area contributed by atoms with Crippen molar-refractivity contribution in [2.24, 2.45) is 5.41 Å². The fraction of sp³-hybridized carbons (Fsp3) is 0.900. The van der Waals surface area contributed by atoms with Gasteiger partial charge in [0, 0.05) is 84.3 Å². The lowest BCUT2D eigenvalue weighted by Crippen LogP contribution is -2.55. The lowest BCUT2D eigenvalue weighted by Gasteiger charge is -2.48. The van der Waals surface area contributed by atoms with Crippen molar-refractivity contribution in [2.75, 3.05) is 79.7 Å². The Balaban J connectivity index is 1.50. The van der Waals surface area contributed by atoms with E-state index in [4.69, 9.17) is 4.74 Å². The van der Waals surface area contributed by atoms with Gasteiger partial charge in [-0.1, -0.05) is 0 Å². The number of carbonyl (C=O) groups excluding carboxylic acids is 2. The first-order chi connectivity index (χ1) is 13.0. The zero-order chi connectivity index (χ0) is 19.3. The Hall–Kier alpha value is -1.18. The van der Waals surface area contributed by atoms with Crippen LogP contribution in [0.25, 0.3) is 0 Å². The second-order valence-corrected chi connectivity index (χ2v) is 8.62. The number of hydrogen-bond donors (Lipinski definition) is 0. The van der Waals surface area contributed by atoms with Gasteiger partial charge in [-0.2, -0.15) is 0 Å². The summed E-state index contributed by atoms with van der Waals surface area (Å²) in [6, 6.07) is 0. The first-order valence-corrected chi connectivity index (χ1v) is 10.5. The van der Waals surface area contributed by atoms with Gasteiger partial charge >= 0.3 is 0 Å². The summed E-state index contributed by atoms with van der Waals surface area (Å²) in [6.45, 7) is 8.87. The monoisotopic (exact) mass is 380 g/mol. The lowest BCUT2D eigenvalue weighted by molar-refractivity contribution is -0.143. The van der Waals surface area contributed by atoms with Gasteiger partial charge in [0.2, 0.25) is 11.8 Å². The molecule has 3 saturated heterocycles. The molecule has 7 heteroatoms. The molecule has 0 aromatic rings. The maximum Gasteiger partial charge on any atom is 0.223 e.